The highest BCUT2D eigenvalue weighted by Crippen LogP contribution is 2.40. The molecular weight excluding hydrogens is 1460 g/mol. The van der Waals surface area contributed by atoms with Crippen molar-refractivity contribution in [2.75, 3.05) is 11.1 Å². The van der Waals surface area contributed by atoms with Crippen molar-refractivity contribution in [3.63, 3.8) is 0 Å². The van der Waals surface area contributed by atoms with Crippen LogP contribution in [0.25, 0.3) is 149 Å². The van der Waals surface area contributed by atoms with E-state index in [1.807, 2.05) is 176 Å². The van der Waals surface area contributed by atoms with Crippen molar-refractivity contribution in [2.24, 2.45) is 0 Å². The molecule has 0 saturated carbocycles. The van der Waals surface area contributed by atoms with E-state index in [1.165, 1.54) is 76.3 Å². The fraction of sp³-hybridized carbons (Fsp3) is 0.0198. The van der Waals surface area contributed by atoms with Gasteiger partial charge in [0.15, 0.2) is 12.0 Å². The summed E-state index contributed by atoms with van der Waals surface area (Å²) in [6.45, 7) is 0. The predicted molar refractivity (Wildman–Crippen MR) is 488 cm³/mol. The maximum Gasteiger partial charge on any atom is 0.160 e. The van der Waals surface area contributed by atoms with Gasteiger partial charge in [-0.05, 0) is 189 Å². The van der Waals surface area contributed by atoms with Crippen molar-refractivity contribution in [1.82, 2.24) is 28.7 Å². The third-order valence-electron chi connectivity index (χ3n) is 19.9. The third-order valence-corrected chi connectivity index (χ3v) is 20.6. The number of benzene rings is 16. The number of allylic oxidation sites excluding steroid dienone is 6. The molecule has 21 rings (SSSR count). The Hall–Kier alpha value is -13.8. The Morgan fingerprint density at radius 2 is 0.825 bits per heavy atom. The molecule has 3 radical (unpaired) electrons. The van der Waals surface area contributed by atoms with E-state index in [4.69, 9.17) is 50.5 Å². The van der Waals surface area contributed by atoms with E-state index in [1.54, 1.807) is 0 Å². The Morgan fingerprint density at radius 3 is 1.39 bits per heavy atom. The van der Waals surface area contributed by atoms with Crippen LogP contribution in [0.4, 0.5) is 17.1 Å². The number of nitrogen functional groups attached to an aromatic ring is 1. The van der Waals surface area contributed by atoms with Crippen LogP contribution in [0.5, 0.6) is 0 Å². The number of nitrogens with zero attached hydrogens (tertiary/aromatic N) is 5. The van der Waals surface area contributed by atoms with Crippen LogP contribution in [-0.2, 0) is 0 Å². The van der Waals surface area contributed by atoms with Crippen LogP contribution in [0.3, 0.4) is 0 Å². The Balaban J connectivity index is 0.000000121. The number of carbonyl (C=O) groups excluding carboxylic acids is 1. The number of rotatable bonds is 9. The number of imidazole rings is 2. The third kappa shape index (κ3) is 15.8. The van der Waals surface area contributed by atoms with Crippen molar-refractivity contribution >= 4 is 170 Å². The van der Waals surface area contributed by atoms with Crippen molar-refractivity contribution < 1.29 is 4.79 Å². The lowest BCUT2D eigenvalue weighted by molar-refractivity contribution is 0.112. The van der Waals surface area contributed by atoms with Crippen LogP contribution >= 0.6 is 34.8 Å². The molecule has 114 heavy (non-hydrogen) atoms. The first-order chi connectivity index (χ1) is 54.7. The van der Waals surface area contributed by atoms with E-state index in [0.29, 0.717) is 0 Å². The highest BCUT2D eigenvalue weighted by molar-refractivity contribution is 6.31. The molecule has 0 saturated heterocycles. The number of carbonyl (C=O) groups is 1. The zero-order chi connectivity index (χ0) is 75.2. The Labute approximate surface area is 679 Å². The minimum Gasteiger partial charge on any atom is -0.397 e. The number of aldehydes is 1. The van der Waals surface area contributed by atoms with Crippen LogP contribution in [0, 0.1) is 6.08 Å². The smallest absolute Gasteiger partial charge is 0.160 e. The summed E-state index contributed by atoms with van der Waals surface area (Å²) in [6.07, 6.45) is 12.2. The first-order valence-electron chi connectivity index (χ1n) is 36.4. The van der Waals surface area contributed by atoms with Crippen LogP contribution in [-0.4, -0.2) is 43.4 Å². The molecule has 0 unspecified atom stereocenters. The van der Waals surface area contributed by atoms with Gasteiger partial charge in [-0.2, -0.15) is 0 Å². The van der Waals surface area contributed by atoms with Crippen LogP contribution in [0.15, 0.2) is 382 Å². The fourth-order valence-electron chi connectivity index (χ4n) is 14.6. The van der Waals surface area contributed by atoms with Gasteiger partial charge in [-0.15, -0.1) is 0 Å². The summed E-state index contributed by atoms with van der Waals surface area (Å²) in [5, 5.41) is 17.4. The second kappa shape index (κ2) is 34.6. The topological polar surface area (TPSA) is 111 Å². The van der Waals surface area contributed by atoms with Gasteiger partial charge in [0.05, 0.1) is 56.6 Å². The van der Waals surface area contributed by atoms with Crippen molar-refractivity contribution in [1.29, 1.82) is 0 Å². The highest BCUT2D eigenvalue weighted by Gasteiger charge is 2.21. The van der Waals surface area contributed by atoms with Crippen LogP contribution < -0.4 is 11.1 Å². The van der Waals surface area contributed by atoms with Gasteiger partial charge >= 0.3 is 0 Å². The molecule has 0 bridgehead atoms. The molecule has 4 aromatic heterocycles. The highest BCUT2D eigenvalue weighted by atomic mass is 35.5. The number of nitrogens with two attached hydrogens (primary N) is 1. The first kappa shape index (κ1) is 76.9. The zero-order valence-electron chi connectivity index (χ0n) is 60.4. The van der Waals surface area contributed by atoms with Gasteiger partial charge in [-0.1, -0.05) is 262 Å². The molecule has 9 nitrogen and oxygen atoms in total. The molecule has 16 aromatic carbocycles. The monoisotopic (exact) mass is 1530 g/mol. The standard InChI is InChI=1S/C30H19N2.2C23H15ClN2.C12H11ClN2.C11H8O.2CH4.B/c1-2-8-22(9-3-1)32-29-13-7-5-11-24(29)26-19-21(15-17-30(26)32)20-14-16-28-25(18-20)23-10-4-6-12-27(23)31-28;2*24-17-12-14-18(15-13-17)26-22-11-4-3-10-21(22)25-23(26)20-9-5-7-16-6-1-2-8-19(16)20;13-9-5-7-10(8-6-9)15-12-4-2-1-3-11(12)14;12-8-10-6-3-5-9-4-1-2-7-11(9)10;;;/h2-19,31H;2*1-15H;1-8,15H,14H2;1-8H;2*1H4;/q+1;;;;;;;. The predicted octanol–water partition coefficient (Wildman–Crippen LogP) is 28.1. The van der Waals surface area contributed by atoms with Crippen molar-refractivity contribution in [3.05, 3.63) is 409 Å². The lowest BCUT2D eigenvalue weighted by atomic mass is 10.0. The quantitative estimate of drug-likeness (QED) is 0.0577. The van der Waals surface area contributed by atoms with Gasteiger partial charge in [-0.25, -0.2) is 9.97 Å². The van der Waals surface area contributed by atoms with Crippen molar-refractivity contribution in [2.45, 2.75) is 14.9 Å². The lowest BCUT2D eigenvalue weighted by Crippen LogP contribution is -1.97. The normalized spacial score (nSPS) is 11.2. The van der Waals surface area contributed by atoms with Gasteiger partial charge in [0.2, 0.25) is 0 Å². The summed E-state index contributed by atoms with van der Waals surface area (Å²) in [5.41, 5.74) is 26.0. The van der Waals surface area contributed by atoms with E-state index in [9.17, 15) is 4.79 Å². The fourth-order valence-corrected chi connectivity index (χ4v) is 15.0. The maximum absolute atomic E-state index is 10.6. The number of halogens is 3. The number of aromatic amines is 1. The Kier molecular flexibility index (Phi) is 23.4. The largest absolute Gasteiger partial charge is 0.397 e. The van der Waals surface area contributed by atoms with Gasteiger partial charge < -0.3 is 16.0 Å². The van der Waals surface area contributed by atoms with Gasteiger partial charge in [-0.3, -0.25) is 18.5 Å². The zero-order valence-corrected chi connectivity index (χ0v) is 62.7. The summed E-state index contributed by atoms with van der Waals surface area (Å²) in [6, 6.07) is 121. The molecule has 13 heteroatoms. The maximum atomic E-state index is 10.6. The van der Waals surface area contributed by atoms with Gasteiger partial charge in [0.1, 0.15) is 23.8 Å². The Bertz CT molecular complexity index is 6740. The number of fused-ring (bicyclic) bond motifs is 11. The molecule has 20 aromatic rings. The number of para-hydroxylation sites is 8. The molecule has 1 aliphatic carbocycles. The molecule has 4 N–H and O–H groups in total. The molecule has 0 spiro atoms. The summed E-state index contributed by atoms with van der Waals surface area (Å²) in [7, 11) is 0. The van der Waals surface area contributed by atoms with Crippen LogP contribution in [0.1, 0.15) is 25.2 Å². The molecule has 1 aliphatic rings. The number of anilines is 3. The molecule has 0 atom stereocenters. The number of H-pyrrole nitrogens is 1. The second-order valence-corrected chi connectivity index (χ2v) is 28.0. The molecule has 0 aliphatic heterocycles. The lowest BCUT2D eigenvalue weighted by Gasteiger charge is -2.11. The van der Waals surface area contributed by atoms with E-state index >= 15 is 0 Å². The summed E-state index contributed by atoms with van der Waals surface area (Å²) < 4.78 is 6.74. The minimum atomic E-state index is 0. The van der Waals surface area contributed by atoms with Gasteiger partial charge in [0, 0.05) is 95.9 Å². The minimum absolute atomic E-state index is 0. The SMILES string of the molecule is C.C.Clc1ccc(-n2c(-c3cccc4ccccc34)nc3ccccc32)cc1.Clc1ccc(-n2c(-c3cccc4ccccc34)nc3ccccc32)cc1.Nc1ccccc1Nc1ccc(Cl)cc1.O=Cc1cccc2ccccc12.[B].[C+]1=CC=C(n2c3ccccc3c3cc(-c4ccc5[nH]c6ccccc6c5c4)ccc32)C=C1. The molecule has 4 heterocycles. The van der Waals surface area contributed by atoms with E-state index < -0.39 is 0 Å². The molecule has 549 valence electrons. The summed E-state index contributed by atoms with van der Waals surface area (Å²) in [5.74, 6) is 1.87. The number of aromatic nitrogens is 6. The molecule has 0 fully saturated rings. The average molecular weight is 1530 g/mol. The molecule has 0 amide bonds. The average Bonchev–Trinajstić information content (AvgIpc) is 1.61. The molecular formula is C101H76BCl3N8O+. The van der Waals surface area contributed by atoms with E-state index in [2.05, 4.69) is 236 Å². The summed E-state index contributed by atoms with van der Waals surface area (Å²) >= 11 is 18.0. The van der Waals surface area contributed by atoms with E-state index in [0.717, 1.165) is 117 Å². The second-order valence-electron chi connectivity index (χ2n) is 26.7. The van der Waals surface area contributed by atoms with Gasteiger partial charge in [0.25, 0.3) is 0 Å². The number of nitrogens with one attached hydrogen (secondary N) is 2. The first-order valence-corrected chi connectivity index (χ1v) is 37.5. The summed E-state index contributed by atoms with van der Waals surface area (Å²) in [4.78, 5) is 24.1. The number of hydrogen-bond donors (Lipinski definition) is 3. The van der Waals surface area contributed by atoms with Crippen molar-refractivity contribution in [3.8, 4) is 45.3 Å². The Morgan fingerprint density at radius 1 is 0.386 bits per heavy atom. The van der Waals surface area contributed by atoms with Crippen LogP contribution in [0.2, 0.25) is 15.1 Å². The number of hydrogen-bond acceptors (Lipinski definition) is 5. The van der Waals surface area contributed by atoms with E-state index in [-0.39, 0.29) is 23.3 Å².